The molecule has 1 heterocycles. The Hall–Kier alpha value is -1.47. The van der Waals surface area contributed by atoms with E-state index in [9.17, 15) is 0 Å². The van der Waals surface area contributed by atoms with Gasteiger partial charge in [-0.3, -0.25) is 5.43 Å². The molecule has 0 aromatic heterocycles. The minimum absolute atomic E-state index is 0.656. The number of amidine groups is 1. The lowest BCUT2D eigenvalue weighted by molar-refractivity contribution is 0.148. The van der Waals surface area contributed by atoms with Gasteiger partial charge < -0.3 is 10.7 Å². The molecule has 0 spiro atoms. The summed E-state index contributed by atoms with van der Waals surface area (Å²) in [6.07, 6.45) is 1.74. The van der Waals surface area contributed by atoms with Gasteiger partial charge in [-0.25, -0.2) is 11.3 Å². The number of hydrazone groups is 1. The molecule has 1 rings (SSSR count). The molecule has 1 aliphatic rings. The quantitative estimate of drug-likeness (QED) is 0.239. The molecule has 0 aromatic carbocycles. The highest BCUT2D eigenvalue weighted by atomic mass is 15.9. The SMILES string of the molecule is CNC1=NN(NC)NC(NN)=C1. The van der Waals surface area contributed by atoms with Gasteiger partial charge >= 0.3 is 0 Å². The first-order valence-corrected chi connectivity index (χ1v) is 3.49. The van der Waals surface area contributed by atoms with Gasteiger partial charge in [-0.1, -0.05) is 0 Å². The summed E-state index contributed by atoms with van der Waals surface area (Å²) in [5, 5.41) is 8.38. The van der Waals surface area contributed by atoms with Crippen molar-refractivity contribution >= 4 is 5.84 Å². The van der Waals surface area contributed by atoms with Crippen LogP contribution in [-0.4, -0.2) is 25.2 Å². The lowest BCUT2D eigenvalue weighted by atomic mass is 10.5. The van der Waals surface area contributed by atoms with Crippen molar-refractivity contribution in [2.24, 2.45) is 10.9 Å². The third-order valence-corrected chi connectivity index (χ3v) is 1.34. The van der Waals surface area contributed by atoms with E-state index in [2.05, 4.69) is 26.7 Å². The number of nitrogens with two attached hydrogens (primary N) is 1. The molecule has 7 heteroatoms. The molecule has 0 aromatic rings. The van der Waals surface area contributed by atoms with Crippen molar-refractivity contribution in [1.29, 1.82) is 0 Å². The van der Waals surface area contributed by atoms with E-state index < -0.39 is 0 Å². The van der Waals surface area contributed by atoms with Crippen LogP contribution in [0.25, 0.3) is 0 Å². The highest BCUT2D eigenvalue weighted by molar-refractivity contribution is 5.93. The maximum absolute atomic E-state index is 5.22. The molecule has 12 heavy (non-hydrogen) atoms. The largest absolute Gasteiger partial charge is 0.372 e. The van der Waals surface area contributed by atoms with Gasteiger partial charge in [-0.05, 0) is 0 Å². The van der Waals surface area contributed by atoms with Crippen LogP contribution in [0, 0.1) is 0 Å². The van der Waals surface area contributed by atoms with E-state index >= 15 is 0 Å². The zero-order chi connectivity index (χ0) is 8.97. The normalized spacial score (nSPS) is 16.1. The molecule has 6 N–H and O–H groups in total. The van der Waals surface area contributed by atoms with E-state index in [0.29, 0.717) is 11.7 Å². The smallest absolute Gasteiger partial charge is 0.153 e. The Morgan fingerprint density at radius 2 is 2.33 bits per heavy atom. The fraction of sp³-hybridized carbons (Fsp3) is 0.400. The summed E-state index contributed by atoms with van der Waals surface area (Å²) < 4.78 is 0. The Labute approximate surface area is 70.6 Å². The van der Waals surface area contributed by atoms with E-state index in [1.165, 1.54) is 5.23 Å². The summed E-state index contributed by atoms with van der Waals surface area (Å²) >= 11 is 0. The number of likely N-dealkylation sites (N-methyl/N-ethyl adjacent to an activating group) is 1. The first-order chi connectivity index (χ1) is 5.80. The molecule has 0 saturated carbocycles. The van der Waals surface area contributed by atoms with E-state index in [1.807, 2.05) is 0 Å². The second kappa shape index (κ2) is 3.79. The third kappa shape index (κ3) is 1.77. The Kier molecular flexibility index (Phi) is 2.72. The number of rotatable bonds is 2. The zero-order valence-electron chi connectivity index (χ0n) is 7.05. The van der Waals surface area contributed by atoms with Crippen molar-refractivity contribution in [3.05, 3.63) is 11.9 Å². The summed E-state index contributed by atoms with van der Waals surface area (Å²) in [7, 11) is 3.52. The summed E-state index contributed by atoms with van der Waals surface area (Å²) in [4.78, 5) is 0. The molecule has 1 aliphatic heterocycles. The molecule has 0 fully saturated rings. The molecule has 0 unspecified atom stereocenters. The van der Waals surface area contributed by atoms with Crippen LogP contribution in [0.5, 0.6) is 0 Å². The number of hydrogen-bond donors (Lipinski definition) is 5. The van der Waals surface area contributed by atoms with Crippen LogP contribution < -0.4 is 27.4 Å². The van der Waals surface area contributed by atoms with Gasteiger partial charge in [0, 0.05) is 20.2 Å². The highest BCUT2D eigenvalue weighted by Gasteiger charge is 2.08. The molecule has 0 aliphatic carbocycles. The van der Waals surface area contributed by atoms with Gasteiger partial charge in [0.25, 0.3) is 0 Å². The van der Waals surface area contributed by atoms with Crippen LogP contribution in [0.1, 0.15) is 0 Å². The molecular formula is C5H13N7. The zero-order valence-corrected chi connectivity index (χ0v) is 7.05. The highest BCUT2D eigenvalue weighted by Crippen LogP contribution is 1.93. The van der Waals surface area contributed by atoms with Crippen LogP contribution in [0.2, 0.25) is 0 Å². The van der Waals surface area contributed by atoms with E-state index in [4.69, 9.17) is 5.84 Å². The van der Waals surface area contributed by atoms with E-state index in [1.54, 1.807) is 20.2 Å². The van der Waals surface area contributed by atoms with Crippen LogP contribution >= 0.6 is 0 Å². The fourth-order valence-electron chi connectivity index (χ4n) is 0.747. The lowest BCUT2D eigenvalue weighted by Gasteiger charge is -2.25. The van der Waals surface area contributed by atoms with Crippen molar-refractivity contribution < 1.29 is 0 Å². The van der Waals surface area contributed by atoms with Crippen molar-refractivity contribution in [1.82, 2.24) is 26.8 Å². The second-order valence-electron chi connectivity index (χ2n) is 2.08. The Morgan fingerprint density at radius 1 is 1.58 bits per heavy atom. The van der Waals surface area contributed by atoms with Crippen molar-refractivity contribution in [3.8, 4) is 0 Å². The van der Waals surface area contributed by atoms with E-state index in [0.717, 1.165) is 0 Å². The molecule has 0 bridgehead atoms. The average molecular weight is 171 g/mol. The average Bonchev–Trinajstić information content (AvgIpc) is 2.16. The van der Waals surface area contributed by atoms with Gasteiger partial charge in [0.05, 0.1) is 0 Å². The van der Waals surface area contributed by atoms with Gasteiger partial charge in [-0.15, -0.1) is 10.3 Å². The van der Waals surface area contributed by atoms with Crippen LogP contribution in [0.3, 0.4) is 0 Å². The molecule has 0 saturated heterocycles. The Bertz CT molecular complexity index is 208. The maximum Gasteiger partial charge on any atom is 0.153 e. The third-order valence-electron chi connectivity index (χ3n) is 1.34. The Morgan fingerprint density at radius 3 is 2.83 bits per heavy atom. The summed E-state index contributed by atoms with van der Waals surface area (Å²) in [6, 6.07) is 0. The van der Waals surface area contributed by atoms with Crippen LogP contribution in [-0.2, 0) is 0 Å². The number of nitrogens with zero attached hydrogens (tertiary/aromatic N) is 2. The van der Waals surface area contributed by atoms with E-state index in [-0.39, 0.29) is 0 Å². The van der Waals surface area contributed by atoms with Gasteiger partial charge in [-0.2, -0.15) is 0 Å². The molecule has 0 atom stereocenters. The van der Waals surface area contributed by atoms with Gasteiger partial charge in [0.1, 0.15) is 5.82 Å². The lowest BCUT2D eigenvalue weighted by Crippen LogP contribution is -2.50. The minimum Gasteiger partial charge on any atom is -0.372 e. The Balaban J connectivity index is 2.70. The summed E-state index contributed by atoms with van der Waals surface area (Å²) in [5.41, 5.74) is 8.11. The molecule has 0 amide bonds. The first-order valence-electron chi connectivity index (χ1n) is 3.49. The molecule has 68 valence electrons. The maximum atomic E-state index is 5.22. The second-order valence-corrected chi connectivity index (χ2v) is 2.08. The van der Waals surface area contributed by atoms with Crippen molar-refractivity contribution in [3.63, 3.8) is 0 Å². The van der Waals surface area contributed by atoms with Crippen molar-refractivity contribution in [2.75, 3.05) is 14.1 Å². The number of hydrazine groups is 3. The number of hydrogen-bond acceptors (Lipinski definition) is 7. The molecule has 0 radical (unpaired) electrons. The topological polar surface area (TPSA) is 89.7 Å². The standard InChI is InChI=1S/C5H13N7/c1-7-4-3-5(9-6)11-12(8-2)10-4/h3,8-9,11H,6H2,1-2H3,(H,7,10). The van der Waals surface area contributed by atoms with Crippen LogP contribution in [0.15, 0.2) is 17.0 Å². The predicted octanol–water partition coefficient (Wildman–Crippen LogP) is -2.22. The van der Waals surface area contributed by atoms with Crippen LogP contribution in [0.4, 0.5) is 0 Å². The molecule has 7 nitrogen and oxygen atoms in total. The monoisotopic (exact) mass is 171 g/mol. The van der Waals surface area contributed by atoms with Crippen molar-refractivity contribution in [2.45, 2.75) is 0 Å². The molecular weight excluding hydrogens is 158 g/mol. The van der Waals surface area contributed by atoms with Gasteiger partial charge in [0.15, 0.2) is 5.84 Å². The summed E-state index contributed by atoms with van der Waals surface area (Å²) in [5.74, 6) is 6.58. The first kappa shape index (κ1) is 8.62. The minimum atomic E-state index is 0.656. The predicted molar refractivity (Wildman–Crippen MR) is 45.9 cm³/mol. The fourth-order valence-corrected chi connectivity index (χ4v) is 0.747. The van der Waals surface area contributed by atoms with Gasteiger partial charge in [0.2, 0.25) is 0 Å². The summed E-state index contributed by atoms with van der Waals surface area (Å²) in [6.45, 7) is 0. The number of nitrogens with one attached hydrogen (secondary N) is 4.